The van der Waals surface area contributed by atoms with Crippen molar-refractivity contribution in [2.75, 3.05) is 13.1 Å². The summed E-state index contributed by atoms with van der Waals surface area (Å²) in [6.45, 7) is 5.75. The SMILES string of the molecule is Cc1cn[nH]c1[C@]1(C)CCCN(C(=O)c2ccn(C)n2)C1. The summed E-state index contributed by atoms with van der Waals surface area (Å²) in [6, 6.07) is 1.77. The van der Waals surface area contributed by atoms with Gasteiger partial charge in [0.15, 0.2) is 0 Å². The highest BCUT2D eigenvalue weighted by Gasteiger charge is 2.37. The Balaban J connectivity index is 1.83. The van der Waals surface area contributed by atoms with Crippen LogP contribution in [0.4, 0.5) is 0 Å². The summed E-state index contributed by atoms with van der Waals surface area (Å²) in [4.78, 5) is 14.5. The quantitative estimate of drug-likeness (QED) is 0.913. The summed E-state index contributed by atoms with van der Waals surface area (Å²) < 4.78 is 1.66. The number of aromatic amines is 1. The van der Waals surface area contributed by atoms with Gasteiger partial charge in [-0.2, -0.15) is 10.2 Å². The number of aryl methyl sites for hydroxylation is 2. The molecule has 3 heterocycles. The van der Waals surface area contributed by atoms with Crippen molar-refractivity contribution < 1.29 is 4.79 Å². The Hall–Kier alpha value is -2.11. The van der Waals surface area contributed by atoms with Gasteiger partial charge in [-0.15, -0.1) is 0 Å². The number of hydrogen-bond donors (Lipinski definition) is 1. The van der Waals surface area contributed by atoms with Gasteiger partial charge in [-0.1, -0.05) is 6.92 Å². The lowest BCUT2D eigenvalue weighted by Gasteiger charge is -2.40. The van der Waals surface area contributed by atoms with Crippen LogP contribution in [0.3, 0.4) is 0 Å². The van der Waals surface area contributed by atoms with Crippen LogP contribution in [-0.2, 0) is 12.5 Å². The van der Waals surface area contributed by atoms with E-state index in [0.717, 1.165) is 30.6 Å². The first kappa shape index (κ1) is 13.9. The van der Waals surface area contributed by atoms with E-state index < -0.39 is 0 Å². The molecule has 2 aromatic heterocycles. The second kappa shape index (κ2) is 5.02. The van der Waals surface area contributed by atoms with Crippen LogP contribution in [0.2, 0.25) is 0 Å². The number of hydrogen-bond acceptors (Lipinski definition) is 3. The van der Waals surface area contributed by atoms with Gasteiger partial charge in [0.05, 0.1) is 6.20 Å². The number of carbonyl (C=O) groups excluding carboxylic acids is 1. The van der Waals surface area contributed by atoms with Crippen LogP contribution in [0.5, 0.6) is 0 Å². The van der Waals surface area contributed by atoms with E-state index >= 15 is 0 Å². The lowest BCUT2D eigenvalue weighted by molar-refractivity contribution is 0.0640. The first-order valence-corrected chi connectivity index (χ1v) is 7.29. The molecule has 112 valence electrons. The summed E-state index contributed by atoms with van der Waals surface area (Å²) in [5, 5.41) is 11.5. The highest BCUT2D eigenvalue weighted by atomic mass is 16.2. The number of nitrogens with one attached hydrogen (secondary N) is 1. The number of aromatic nitrogens is 4. The van der Waals surface area contributed by atoms with Crippen molar-refractivity contribution >= 4 is 5.91 Å². The summed E-state index contributed by atoms with van der Waals surface area (Å²) in [6.07, 6.45) is 5.70. The zero-order valence-electron chi connectivity index (χ0n) is 12.8. The molecule has 1 aliphatic heterocycles. The second-order valence-electron chi connectivity index (χ2n) is 6.19. The van der Waals surface area contributed by atoms with Crippen LogP contribution in [-0.4, -0.2) is 43.9 Å². The van der Waals surface area contributed by atoms with Gasteiger partial charge in [0.1, 0.15) is 5.69 Å². The Kier molecular flexibility index (Phi) is 3.31. The molecule has 1 fully saturated rings. The fraction of sp³-hybridized carbons (Fsp3) is 0.533. The number of carbonyl (C=O) groups is 1. The van der Waals surface area contributed by atoms with Crippen molar-refractivity contribution in [3.63, 3.8) is 0 Å². The van der Waals surface area contributed by atoms with Gasteiger partial charge < -0.3 is 4.90 Å². The average molecular weight is 287 g/mol. The van der Waals surface area contributed by atoms with E-state index in [-0.39, 0.29) is 11.3 Å². The molecule has 1 N–H and O–H groups in total. The molecule has 6 nitrogen and oxygen atoms in total. The predicted octanol–water partition coefficient (Wildman–Crippen LogP) is 1.65. The van der Waals surface area contributed by atoms with Crippen LogP contribution in [0.25, 0.3) is 0 Å². The first-order chi connectivity index (χ1) is 9.99. The largest absolute Gasteiger partial charge is 0.336 e. The average Bonchev–Trinajstić information content (AvgIpc) is 3.07. The molecule has 1 saturated heterocycles. The molecule has 0 unspecified atom stereocenters. The molecule has 1 atom stereocenters. The first-order valence-electron chi connectivity index (χ1n) is 7.29. The van der Waals surface area contributed by atoms with E-state index in [9.17, 15) is 4.79 Å². The number of rotatable bonds is 2. The molecule has 21 heavy (non-hydrogen) atoms. The minimum atomic E-state index is -0.0662. The Bertz CT molecular complexity index is 659. The van der Waals surface area contributed by atoms with Gasteiger partial charge in [0, 0.05) is 37.4 Å². The maximum absolute atomic E-state index is 12.6. The van der Waals surface area contributed by atoms with Crippen LogP contribution in [0.1, 0.15) is 41.5 Å². The Morgan fingerprint density at radius 2 is 2.29 bits per heavy atom. The molecule has 0 radical (unpaired) electrons. The third kappa shape index (κ3) is 2.46. The number of amides is 1. The highest BCUT2D eigenvalue weighted by molar-refractivity contribution is 5.92. The fourth-order valence-corrected chi connectivity index (χ4v) is 3.27. The topological polar surface area (TPSA) is 66.8 Å². The van der Waals surface area contributed by atoms with Gasteiger partial charge in [-0.05, 0) is 31.4 Å². The molecule has 0 saturated carbocycles. The van der Waals surface area contributed by atoms with Crippen molar-refractivity contribution in [2.24, 2.45) is 7.05 Å². The summed E-state index contributed by atoms with van der Waals surface area (Å²) in [7, 11) is 1.82. The normalized spacial score (nSPS) is 22.5. The lowest BCUT2D eigenvalue weighted by atomic mass is 9.77. The lowest BCUT2D eigenvalue weighted by Crippen LogP contribution is -2.47. The molecule has 0 spiro atoms. The minimum Gasteiger partial charge on any atom is -0.336 e. The van der Waals surface area contributed by atoms with E-state index in [1.807, 2.05) is 18.1 Å². The molecule has 2 aromatic rings. The van der Waals surface area contributed by atoms with E-state index in [2.05, 4.69) is 29.1 Å². The zero-order chi connectivity index (χ0) is 15.0. The van der Waals surface area contributed by atoms with Gasteiger partial charge in [-0.25, -0.2) is 0 Å². The smallest absolute Gasteiger partial charge is 0.274 e. The maximum atomic E-state index is 12.6. The molecule has 0 aromatic carbocycles. The predicted molar refractivity (Wildman–Crippen MR) is 79.0 cm³/mol. The molecule has 3 rings (SSSR count). The van der Waals surface area contributed by atoms with Gasteiger partial charge >= 0.3 is 0 Å². The van der Waals surface area contributed by atoms with Gasteiger partial charge in [0.25, 0.3) is 5.91 Å². The van der Waals surface area contributed by atoms with Crippen LogP contribution in [0.15, 0.2) is 18.5 Å². The summed E-state index contributed by atoms with van der Waals surface area (Å²) in [5.41, 5.74) is 2.75. The Morgan fingerprint density at radius 3 is 2.90 bits per heavy atom. The van der Waals surface area contributed by atoms with E-state index in [0.29, 0.717) is 12.2 Å². The van der Waals surface area contributed by atoms with Crippen molar-refractivity contribution in [1.82, 2.24) is 24.9 Å². The number of H-pyrrole nitrogens is 1. The molecule has 1 amide bonds. The third-order valence-electron chi connectivity index (χ3n) is 4.35. The molecular weight excluding hydrogens is 266 g/mol. The molecule has 0 aliphatic carbocycles. The molecule has 6 heteroatoms. The number of piperidine rings is 1. The van der Waals surface area contributed by atoms with Crippen LogP contribution < -0.4 is 0 Å². The summed E-state index contributed by atoms with van der Waals surface area (Å²) >= 11 is 0. The fourth-order valence-electron chi connectivity index (χ4n) is 3.27. The zero-order valence-corrected chi connectivity index (χ0v) is 12.8. The standard InChI is InChI=1S/C15H21N5O/c1-11-9-16-17-13(11)15(2)6-4-7-20(10-15)14(21)12-5-8-19(3)18-12/h5,8-9H,4,6-7,10H2,1-3H3,(H,16,17)/t15-/m1/s1. The van der Waals surface area contributed by atoms with Crippen molar-refractivity contribution in [2.45, 2.75) is 32.1 Å². The second-order valence-corrected chi connectivity index (χ2v) is 6.19. The minimum absolute atomic E-state index is 0.0127. The van der Waals surface area contributed by atoms with E-state index in [1.54, 1.807) is 16.9 Å². The highest BCUT2D eigenvalue weighted by Crippen LogP contribution is 2.34. The number of nitrogens with zero attached hydrogens (tertiary/aromatic N) is 4. The third-order valence-corrected chi connectivity index (χ3v) is 4.35. The Morgan fingerprint density at radius 1 is 1.48 bits per heavy atom. The molecule has 0 bridgehead atoms. The number of likely N-dealkylation sites (tertiary alicyclic amines) is 1. The van der Waals surface area contributed by atoms with Crippen LogP contribution >= 0.6 is 0 Å². The summed E-state index contributed by atoms with van der Waals surface area (Å²) in [5.74, 6) is 0.0127. The maximum Gasteiger partial charge on any atom is 0.274 e. The van der Waals surface area contributed by atoms with Crippen molar-refractivity contribution in [3.8, 4) is 0 Å². The van der Waals surface area contributed by atoms with Crippen molar-refractivity contribution in [1.29, 1.82) is 0 Å². The monoisotopic (exact) mass is 287 g/mol. The van der Waals surface area contributed by atoms with Crippen molar-refractivity contribution in [3.05, 3.63) is 35.4 Å². The van der Waals surface area contributed by atoms with E-state index in [4.69, 9.17) is 0 Å². The molecule has 1 aliphatic rings. The Labute approximate surface area is 124 Å². The molecular formula is C15H21N5O. The van der Waals surface area contributed by atoms with Crippen LogP contribution in [0, 0.1) is 6.92 Å². The van der Waals surface area contributed by atoms with Gasteiger partial charge in [-0.3, -0.25) is 14.6 Å². The van der Waals surface area contributed by atoms with Gasteiger partial charge in [0.2, 0.25) is 0 Å². The van der Waals surface area contributed by atoms with E-state index in [1.165, 1.54) is 0 Å².